The second-order valence-electron chi connectivity index (χ2n) is 8.47. The molecule has 0 radical (unpaired) electrons. The van der Waals surface area contributed by atoms with Gasteiger partial charge in [-0.15, -0.1) is 0 Å². The summed E-state index contributed by atoms with van der Waals surface area (Å²) in [4.78, 5) is 14.0. The van der Waals surface area contributed by atoms with Crippen molar-refractivity contribution in [3.8, 4) is 23.1 Å². The number of aliphatic carboxylic acids is 1. The van der Waals surface area contributed by atoms with Gasteiger partial charge < -0.3 is 14.7 Å². The van der Waals surface area contributed by atoms with Crippen LogP contribution < -0.4 is 4.74 Å². The molecular weight excluding hydrogens is 461 g/mol. The molecule has 1 aliphatic carbocycles. The minimum Gasteiger partial charge on any atom is -0.496 e. The highest BCUT2D eigenvalue weighted by molar-refractivity contribution is 5.80. The summed E-state index contributed by atoms with van der Waals surface area (Å²) in [6, 6.07) is 8.11. The molecule has 10 heteroatoms. The van der Waals surface area contributed by atoms with E-state index in [0.717, 1.165) is 25.0 Å². The van der Waals surface area contributed by atoms with Gasteiger partial charge >= 0.3 is 12.1 Å². The van der Waals surface area contributed by atoms with Gasteiger partial charge in [0.15, 0.2) is 6.19 Å². The topological polar surface area (TPSA) is 101 Å². The molecule has 0 heterocycles. The van der Waals surface area contributed by atoms with Crippen molar-refractivity contribution in [3.05, 3.63) is 53.1 Å². The van der Waals surface area contributed by atoms with Crippen molar-refractivity contribution in [3.63, 3.8) is 0 Å². The van der Waals surface area contributed by atoms with Gasteiger partial charge in [0.05, 0.1) is 19.1 Å². The minimum absolute atomic E-state index is 0.0518. The number of nitrogens with zero attached hydrogens (tertiary/aromatic N) is 3. The summed E-state index contributed by atoms with van der Waals surface area (Å²) in [6.45, 7) is 2.42. The van der Waals surface area contributed by atoms with Gasteiger partial charge in [0, 0.05) is 25.2 Å². The van der Waals surface area contributed by atoms with Crippen molar-refractivity contribution in [2.45, 2.75) is 38.9 Å². The van der Waals surface area contributed by atoms with Crippen molar-refractivity contribution in [2.75, 3.05) is 20.2 Å². The summed E-state index contributed by atoms with van der Waals surface area (Å²) in [5.74, 6) is -0.381. The molecule has 0 amide bonds. The Morgan fingerprint density at radius 3 is 2.49 bits per heavy atom. The predicted octanol–water partition coefficient (Wildman–Crippen LogP) is 4.96. The molecule has 0 spiro atoms. The number of carbonyl (C=O) groups is 1. The third kappa shape index (κ3) is 6.44. The summed E-state index contributed by atoms with van der Waals surface area (Å²) in [5, 5.41) is 27.2. The maximum absolute atomic E-state index is 13.6. The molecule has 0 atom stereocenters. The zero-order valence-electron chi connectivity index (χ0n) is 19.5. The highest BCUT2D eigenvalue weighted by Crippen LogP contribution is 2.38. The molecule has 186 valence electrons. The van der Waals surface area contributed by atoms with E-state index < -0.39 is 17.7 Å². The third-order valence-electron chi connectivity index (χ3n) is 5.90. The van der Waals surface area contributed by atoms with Crippen LogP contribution in [0, 0.1) is 22.8 Å². The molecule has 7 nitrogen and oxygen atoms in total. The van der Waals surface area contributed by atoms with Gasteiger partial charge in [-0.05, 0) is 66.6 Å². The number of carboxylic acids is 1. The molecule has 1 fully saturated rings. The summed E-state index contributed by atoms with van der Waals surface area (Å²) >= 11 is 0. The molecule has 0 bridgehead atoms. The fraction of sp³-hybridized carbons (Fsp3) is 0.400. The van der Waals surface area contributed by atoms with Crippen LogP contribution in [-0.2, 0) is 23.9 Å². The van der Waals surface area contributed by atoms with E-state index in [0.29, 0.717) is 41.4 Å². The zero-order valence-corrected chi connectivity index (χ0v) is 19.5. The Bertz CT molecular complexity index is 1140. The van der Waals surface area contributed by atoms with E-state index in [9.17, 15) is 28.3 Å². The van der Waals surface area contributed by atoms with Crippen LogP contribution in [0.3, 0.4) is 0 Å². The van der Waals surface area contributed by atoms with Gasteiger partial charge in [-0.3, -0.25) is 10.2 Å². The van der Waals surface area contributed by atoms with Crippen LogP contribution in [0.1, 0.15) is 36.5 Å². The first-order valence-electron chi connectivity index (χ1n) is 11.2. The predicted molar refractivity (Wildman–Crippen MR) is 124 cm³/mol. The molecule has 0 saturated heterocycles. The quantitative estimate of drug-likeness (QED) is 0.224. The van der Waals surface area contributed by atoms with Gasteiger partial charge in [0.25, 0.3) is 0 Å². The highest BCUT2D eigenvalue weighted by atomic mass is 19.4. The smallest absolute Gasteiger partial charge is 0.416 e. The Kier molecular flexibility index (Phi) is 7.89. The van der Waals surface area contributed by atoms with Crippen LogP contribution in [0.15, 0.2) is 36.4 Å². The SMILES string of the molecule is CCN(Cc1cc(C(F)(F)F)ccc1-c1cc(CC(=O)O)ccc1OC)C(=N)N(C#N)CC1CC1. The van der Waals surface area contributed by atoms with Gasteiger partial charge in [-0.25, -0.2) is 4.90 Å². The summed E-state index contributed by atoms with van der Waals surface area (Å²) in [5.41, 5.74) is 0.794. The number of ether oxygens (including phenoxy) is 1. The maximum Gasteiger partial charge on any atom is 0.416 e. The lowest BCUT2D eigenvalue weighted by Gasteiger charge is -2.29. The monoisotopic (exact) mass is 488 g/mol. The van der Waals surface area contributed by atoms with Crippen LogP contribution in [0.2, 0.25) is 0 Å². The summed E-state index contributed by atoms with van der Waals surface area (Å²) in [6.07, 6.45) is -0.838. The molecule has 2 aromatic rings. The molecule has 0 aliphatic heterocycles. The van der Waals surface area contributed by atoms with E-state index in [2.05, 4.69) is 0 Å². The zero-order chi connectivity index (χ0) is 25.8. The lowest BCUT2D eigenvalue weighted by molar-refractivity contribution is -0.138. The fourth-order valence-electron chi connectivity index (χ4n) is 3.86. The number of guanidine groups is 1. The first-order valence-corrected chi connectivity index (χ1v) is 11.2. The normalized spacial score (nSPS) is 13.1. The van der Waals surface area contributed by atoms with E-state index in [1.807, 2.05) is 6.19 Å². The number of hydrogen-bond donors (Lipinski definition) is 2. The number of alkyl halides is 3. The van der Waals surface area contributed by atoms with E-state index in [-0.39, 0.29) is 24.5 Å². The van der Waals surface area contributed by atoms with Gasteiger partial charge in [-0.1, -0.05) is 12.1 Å². The average Bonchev–Trinajstić information content (AvgIpc) is 3.63. The lowest BCUT2D eigenvalue weighted by Crippen LogP contribution is -2.42. The third-order valence-corrected chi connectivity index (χ3v) is 5.90. The molecule has 2 aromatic carbocycles. The molecule has 35 heavy (non-hydrogen) atoms. The van der Waals surface area contributed by atoms with E-state index in [1.54, 1.807) is 25.1 Å². The summed E-state index contributed by atoms with van der Waals surface area (Å²) in [7, 11) is 1.43. The molecule has 1 aliphatic rings. The van der Waals surface area contributed by atoms with Crippen LogP contribution in [0.5, 0.6) is 5.75 Å². The van der Waals surface area contributed by atoms with Crippen LogP contribution in [0.25, 0.3) is 11.1 Å². The number of halogens is 3. The number of hydrogen-bond acceptors (Lipinski definition) is 4. The number of nitrogens with one attached hydrogen (secondary N) is 1. The average molecular weight is 489 g/mol. The van der Waals surface area contributed by atoms with E-state index in [1.165, 1.54) is 23.0 Å². The Labute approximate surface area is 201 Å². The minimum atomic E-state index is -4.57. The molecular formula is C25H27F3N4O3. The molecule has 3 rings (SSSR count). The van der Waals surface area contributed by atoms with E-state index >= 15 is 0 Å². The maximum atomic E-state index is 13.6. The van der Waals surface area contributed by atoms with Crippen LogP contribution in [0.4, 0.5) is 13.2 Å². The first kappa shape index (κ1) is 25.9. The number of benzene rings is 2. The van der Waals surface area contributed by atoms with Crippen LogP contribution >= 0.6 is 0 Å². The molecule has 1 saturated carbocycles. The molecule has 0 unspecified atom stereocenters. The number of methoxy groups -OCH3 is 1. The van der Waals surface area contributed by atoms with Crippen LogP contribution in [-0.4, -0.2) is 47.0 Å². The second-order valence-corrected chi connectivity index (χ2v) is 8.47. The lowest BCUT2D eigenvalue weighted by atomic mass is 9.94. The van der Waals surface area contributed by atoms with Crippen molar-refractivity contribution in [1.82, 2.24) is 9.80 Å². The van der Waals surface area contributed by atoms with Gasteiger partial charge in [0.2, 0.25) is 5.96 Å². The summed E-state index contributed by atoms with van der Waals surface area (Å²) < 4.78 is 46.1. The molecule has 2 N–H and O–H groups in total. The number of rotatable bonds is 9. The largest absolute Gasteiger partial charge is 0.496 e. The first-order chi connectivity index (χ1) is 16.6. The van der Waals surface area contributed by atoms with Crippen molar-refractivity contribution >= 4 is 11.9 Å². The fourth-order valence-corrected chi connectivity index (χ4v) is 3.86. The van der Waals surface area contributed by atoms with Gasteiger partial charge in [-0.2, -0.15) is 18.4 Å². The second kappa shape index (κ2) is 10.7. The van der Waals surface area contributed by atoms with Gasteiger partial charge in [0.1, 0.15) is 5.75 Å². The Balaban J connectivity index is 2.06. The Hall–Kier alpha value is -3.74. The van der Waals surface area contributed by atoms with E-state index in [4.69, 9.17) is 10.1 Å². The van der Waals surface area contributed by atoms with Crippen molar-refractivity contribution < 1.29 is 27.8 Å². The highest BCUT2D eigenvalue weighted by Gasteiger charge is 2.32. The number of carboxylic acid groups (broad SMARTS) is 1. The Morgan fingerprint density at radius 1 is 1.23 bits per heavy atom. The van der Waals surface area contributed by atoms with Crippen molar-refractivity contribution in [2.24, 2.45) is 5.92 Å². The number of nitriles is 1. The van der Waals surface area contributed by atoms with Crippen molar-refractivity contribution in [1.29, 1.82) is 10.7 Å². The standard InChI is InChI=1S/C25H27F3N4O3/c1-3-31(24(30)32(15-29)13-16-4-5-16)14-18-12-19(25(26,27)28)7-8-20(18)21-10-17(11-23(33)34)6-9-22(21)35-2/h6-10,12,16,30H,3-5,11,13-14H2,1-2H3,(H,33,34). The molecule has 0 aromatic heterocycles. The Morgan fingerprint density at radius 2 is 1.94 bits per heavy atom.